The number of para-hydroxylation sites is 1. The second-order valence-corrected chi connectivity index (χ2v) is 11.6. The third kappa shape index (κ3) is 7.23. The van der Waals surface area contributed by atoms with Crippen LogP contribution in [0.1, 0.15) is 45.4 Å². The van der Waals surface area contributed by atoms with Gasteiger partial charge in [-0.15, -0.1) is 0 Å². The van der Waals surface area contributed by atoms with Crippen LogP contribution < -0.4 is 15.3 Å². The first-order chi connectivity index (χ1) is 21.5. The molecule has 0 bridgehead atoms. The molecule has 1 aromatic carbocycles. The molecule has 0 spiro atoms. The highest BCUT2D eigenvalue weighted by molar-refractivity contribution is 7.52. The molecule has 6 atom stereocenters. The number of anilines is 1. The normalized spacial score (nSPS) is 23.0. The van der Waals surface area contributed by atoms with E-state index >= 15 is 0 Å². The molecule has 0 aliphatic carbocycles. The molecule has 3 heterocycles. The molecule has 4 rings (SSSR count). The monoisotopic (exact) mass is 644 g/mol. The Balaban J connectivity index is 1.78. The van der Waals surface area contributed by atoms with Gasteiger partial charge in [-0.3, -0.25) is 18.9 Å². The molecule has 2 aromatic heterocycles. The lowest BCUT2D eigenvalue weighted by atomic mass is 9.95. The van der Waals surface area contributed by atoms with E-state index in [2.05, 4.69) is 15.2 Å². The molecule has 0 radical (unpaired) electrons. The van der Waals surface area contributed by atoms with Crippen LogP contribution in [-0.4, -0.2) is 70.1 Å². The summed E-state index contributed by atoms with van der Waals surface area (Å²) in [7, 11) is -3.34. The molecular weight excluding hydrogens is 611 g/mol. The van der Waals surface area contributed by atoms with Crippen molar-refractivity contribution >= 4 is 37.0 Å². The number of carbonyl (C=O) groups excluding carboxylic acids is 3. The smallest absolute Gasteiger partial charge is 0.459 e. The third-order valence-corrected chi connectivity index (χ3v) is 8.44. The number of nitrogens with two attached hydrogens (primary N) is 1. The van der Waals surface area contributed by atoms with Crippen LogP contribution in [0.25, 0.3) is 5.52 Å². The molecule has 3 N–H and O–H groups in total. The van der Waals surface area contributed by atoms with Crippen molar-refractivity contribution in [3.05, 3.63) is 54.5 Å². The number of ether oxygens (including phenoxy) is 4. The lowest BCUT2D eigenvalue weighted by Crippen LogP contribution is -2.49. The van der Waals surface area contributed by atoms with Crippen molar-refractivity contribution < 1.29 is 46.9 Å². The minimum atomic E-state index is -4.49. The number of hydrogen-bond donors (Lipinski definition) is 2. The summed E-state index contributed by atoms with van der Waals surface area (Å²) < 4.78 is 49.3. The van der Waals surface area contributed by atoms with Crippen molar-refractivity contribution in [1.29, 1.82) is 5.26 Å². The lowest BCUT2D eigenvalue weighted by molar-refractivity contribution is -0.169. The summed E-state index contributed by atoms with van der Waals surface area (Å²) in [4.78, 5) is 41.4. The molecule has 16 nitrogen and oxygen atoms in total. The number of methoxy groups -OCH3 is 1. The van der Waals surface area contributed by atoms with E-state index in [9.17, 15) is 24.2 Å². The zero-order valence-corrected chi connectivity index (χ0v) is 25.8. The van der Waals surface area contributed by atoms with Gasteiger partial charge in [-0.05, 0) is 31.2 Å². The number of nitrogen functional groups attached to an aromatic ring is 1. The van der Waals surface area contributed by atoms with Gasteiger partial charge < -0.3 is 29.2 Å². The summed E-state index contributed by atoms with van der Waals surface area (Å²) >= 11 is 0. The first kappa shape index (κ1) is 33.3. The summed E-state index contributed by atoms with van der Waals surface area (Å²) in [5.74, 6) is -1.94. The van der Waals surface area contributed by atoms with Crippen LogP contribution in [0, 0.1) is 11.3 Å². The van der Waals surface area contributed by atoms with E-state index < -0.39 is 62.2 Å². The lowest BCUT2D eigenvalue weighted by Gasteiger charge is -2.30. The number of aromatic nitrogens is 3. The highest BCUT2D eigenvalue weighted by Crippen LogP contribution is 2.50. The molecule has 1 fully saturated rings. The first-order valence-corrected chi connectivity index (χ1v) is 15.4. The summed E-state index contributed by atoms with van der Waals surface area (Å²) in [6, 6.07) is 11.9. The number of fused-ring (bicyclic) bond motifs is 1. The van der Waals surface area contributed by atoms with Gasteiger partial charge in [0.25, 0.3) is 0 Å². The van der Waals surface area contributed by atoms with Gasteiger partial charge in [0, 0.05) is 12.8 Å². The fourth-order valence-electron chi connectivity index (χ4n) is 4.54. The van der Waals surface area contributed by atoms with Gasteiger partial charge in [0.15, 0.2) is 18.0 Å². The van der Waals surface area contributed by atoms with Crippen LogP contribution in [0.4, 0.5) is 5.82 Å². The van der Waals surface area contributed by atoms with Crippen LogP contribution in [0.5, 0.6) is 5.75 Å². The van der Waals surface area contributed by atoms with Crippen molar-refractivity contribution in [2.24, 2.45) is 0 Å². The molecule has 3 aromatic rings. The topological polar surface area (TPSA) is 216 Å². The minimum Gasteiger partial charge on any atom is -0.468 e. The van der Waals surface area contributed by atoms with E-state index in [1.165, 1.54) is 36.8 Å². The maximum atomic E-state index is 14.1. The van der Waals surface area contributed by atoms with Gasteiger partial charge in [0.2, 0.25) is 5.60 Å². The van der Waals surface area contributed by atoms with Crippen LogP contribution >= 0.6 is 7.75 Å². The van der Waals surface area contributed by atoms with Gasteiger partial charge in [0.1, 0.15) is 42.4 Å². The number of carbonyl (C=O) groups is 3. The Bertz CT molecular complexity index is 1630. The number of hydrogen-bond acceptors (Lipinski definition) is 14. The Morgan fingerprint density at radius 2 is 1.84 bits per heavy atom. The number of nitrogens with zero attached hydrogens (tertiary/aromatic N) is 4. The van der Waals surface area contributed by atoms with E-state index in [0.29, 0.717) is 5.52 Å². The van der Waals surface area contributed by atoms with Crippen LogP contribution in [0.2, 0.25) is 0 Å². The zero-order chi connectivity index (χ0) is 32.8. The van der Waals surface area contributed by atoms with E-state index in [-0.39, 0.29) is 30.1 Å². The summed E-state index contributed by atoms with van der Waals surface area (Å²) in [5, 5.41) is 17.3. The first-order valence-electron chi connectivity index (χ1n) is 13.9. The van der Waals surface area contributed by atoms with E-state index in [1.54, 1.807) is 37.3 Å². The third-order valence-electron chi connectivity index (χ3n) is 6.81. The summed E-state index contributed by atoms with van der Waals surface area (Å²) in [6.45, 7) is 3.63. The molecule has 1 aliphatic rings. The second kappa shape index (κ2) is 14.0. The standard InChI is InChI=1S/C28H33N6O10P/c1-5-21(35)41-24-23(19-12-13-20-26(30)31-16-32-34(19)20)43-28(14-29,25(24)42-22(36)6-2)15-40-45(38,33-17(3)27(37)39-4)44-18-10-8-7-9-11-18/h7-13,16-17,23-25H,5-6,15H2,1-4H3,(H,33,38)(H2,30,31,32)/t17?,23-,24-,25-,28+,45+/m0/s1. The average molecular weight is 645 g/mol. The summed E-state index contributed by atoms with van der Waals surface area (Å²) in [6.07, 6.45) is -3.16. The Kier molecular flexibility index (Phi) is 10.4. The molecule has 1 saturated heterocycles. The van der Waals surface area contributed by atoms with Gasteiger partial charge in [-0.1, -0.05) is 32.0 Å². The number of rotatable bonds is 13. The van der Waals surface area contributed by atoms with Crippen LogP contribution in [0.15, 0.2) is 48.8 Å². The van der Waals surface area contributed by atoms with Crippen molar-refractivity contribution in [3.63, 3.8) is 0 Å². The van der Waals surface area contributed by atoms with E-state index in [4.69, 9.17) is 33.7 Å². The molecular formula is C28H33N6O10P. The van der Waals surface area contributed by atoms with Gasteiger partial charge in [-0.2, -0.15) is 15.4 Å². The van der Waals surface area contributed by atoms with E-state index in [1.807, 2.05) is 6.07 Å². The van der Waals surface area contributed by atoms with Gasteiger partial charge in [-0.25, -0.2) is 14.1 Å². The predicted molar refractivity (Wildman–Crippen MR) is 155 cm³/mol. The van der Waals surface area contributed by atoms with Crippen molar-refractivity contribution in [1.82, 2.24) is 19.7 Å². The van der Waals surface area contributed by atoms with Crippen molar-refractivity contribution in [2.45, 2.75) is 63.6 Å². The average Bonchev–Trinajstić information content (AvgIpc) is 3.60. The highest BCUT2D eigenvalue weighted by atomic mass is 31.2. The fraction of sp³-hybridized carbons (Fsp3) is 0.429. The summed E-state index contributed by atoms with van der Waals surface area (Å²) in [5.41, 5.74) is 4.46. The van der Waals surface area contributed by atoms with E-state index in [0.717, 1.165) is 7.11 Å². The fourth-order valence-corrected chi connectivity index (χ4v) is 6.06. The van der Waals surface area contributed by atoms with Gasteiger partial charge in [0.05, 0.1) is 12.8 Å². The molecule has 0 amide bonds. The van der Waals surface area contributed by atoms with Crippen LogP contribution in [-0.2, 0) is 42.4 Å². The minimum absolute atomic E-state index is 0.0484. The molecule has 45 heavy (non-hydrogen) atoms. The Morgan fingerprint density at radius 3 is 2.49 bits per heavy atom. The molecule has 17 heteroatoms. The number of nitriles is 1. The molecule has 240 valence electrons. The molecule has 0 saturated carbocycles. The van der Waals surface area contributed by atoms with Crippen molar-refractivity contribution in [2.75, 3.05) is 19.5 Å². The van der Waals surface area contributed by atoms with Gasteiger partial charge >= 0.3 is 25.7 Å². The maximum absolute atomic E-state index is 14.1. The van der Waals surface area contributed by atoms with Crippen LogP contribution in [0.3, 0.4) is 0 Å². The molecule has 1 aliphatic heterocycles. The van der Waals surface area contributed by atoms with Crippen molar-refractivity contribution in [3.8, 4) is 11.8 Å². The second-order valence-electron chi connectivity index (χ2n) is 9.86. The number of benzene rings is 1. The zero-order valence-electron chi connectivity index (χ0n) is 24.9. The quantitative estimate of drug-likeness (QED) is 0.155. The Labute approximate surface area is 258 Å². The number of nitrogens with one attached hydrogen (secondary N) is 1. The predicted octanol–water partition coefficient (Wildman–Crippen LogP) is 2.64. The SMILES string of the molecule is CCC(=O)O[C@H]1[C@H](c2ccc3c(N)ncnn23)O[C@](C#N)(CO[P@](=O)(NC(C)C(=O)OC)Oc2ccccc2)[C@H]1OC(=O)CC. The largest absolute Gasteiger partial charge is 0.468 e. The highest BCUT2D eigenvalue weighted by Gasteiger charge is 2.62. The maximum Gasteiger partial charge on any atom is 0.459 e. The Morgan fingerprint density at radius 1 is 1.16 bits per heavy atom. The molecule has 1 unspecified atom stereocenters. The Hall–Kier alpha value is -4.55. The number of esters is 3.